The number of alkyl carbamates (subject to hydrolysis) is 1. The summed E-state index contributed by atoms with van der Waals surface area (Å²) in [5.41, 5.74) is 0.270. The minimum absolute atomic E-state index is 0.00259. The molecule has 0 unspecified atom stereocenters. The molecule has 206 valence electrons. The Labute approximate surface area is 227 Å². The van der Waals surface area contributed by atoms with E-state index in [9.17, 15) is 27.2 Å². The zero-order valence-electron chi connectivity index (χ0n) is 21.0. The number of anilines is 2. The van der Waals surface area contributed by atoms with Crippen LogP contribution in [0.3, 0.4) is 0 Å². The van der Waals surface area contributed by atoms with Crippen LogP contribution in [0.25, 0.3) is 0 Å². The monoisotopic (exact) mass is 564 g/mol. The molecule has 2 atom stereocenters. The number of hydrogen-bond acceptors (Lipinski definition) is 5. The highest BCUT2D eigenvalue weighted by atomic mass is 35.5. The zero-order valence-corrected chi connectivity index (χ0v) is 21.8. The van der Waals surface area contributed by atoms with Gasteiger partial charge in [-0.1, -0.05) is 41.9 Å². The van der Waals surface area contributed by atoms with Crippen molar-refractivity contribution in [2.24, 2.45) is 0 Å². The molecule has 7 nitrogen and oxygen atoms in total. The molecule has 1 N–H and O–H groups in total. The van der Waals surface area contributed by atoms with Gasteiger partial charge in [-0.3, -0.25) is 4.79 Å². The molecule has 1 saturated heterocycles. The van der Waals surface area contributed by atoms with Crippen LogP contribution in [-0.2, 0) is 22.3 Å². The van der Waals surface area contributed by atoms with E-state index in [0.29, 0.717) is 5.69 Å². The fourth-order valence-electron chi connectivity index (χ4n) is 4.37. The fraction of sp³-hybridized carbons (Fsp3) is 0.296. The fourth-order valence-corrected chi connectivity index (χ4v) is 4.54. The number of aryl methyl sites for hydroxylation is 1. The number of carbonyl (C=O) groups is 2. The van der Waals surface area contributed by atoms with Gasteiger partial charge in [-0.05, 0) is 49.2 Å². The molecule has 2 aromatic carbocycles. The number of carbonyl (C=O) groups excluding carboxylic acids is 2. The van der Waals surface area contributed by atoms with Gasteiger partial charge in [0.25, 0.3) is 0 Å². The van der Waals surface area contributed by atoms with E-state index in [2.05, 4.69) is 10.3 Å². The van der Waals surface area contributed by atoms with E-state index >= 15 is 0 Å². The molecule has 3 aromatic rings. The first-order valence-corrected chi connectivity index (χ1v) is 12.3. The van der Waals surface area contributed by atoms with Crippen molar-refractivity contribution in [2.75, 3.05) is 23.4 Å². The highest BCUT2D eigenvalue weighted by Gasteiger charge is 2.41. The summed E-state index contributed by atoms with van der Waals surface area (Å²) in [6, 6.07) is 12.9. The molecule has 4 rings (SSSR count). The molecule has 0 radical (unpaired) electrons. The van der Waals surface area contributed by atoms with Crippen LogP contribution in [0.1, 0.15) is 23.2 Å². The number of hydrogen-bond donors (Lipinski definition) is 1. The SMILES string of the molecule is Cc1cc(C(F)(F)F)cc(N2C[C@@H](NC(=O)OCc3ccccc3)C[C@H]2C(=O)N(C)c2ccc(F)c(Cl)c2)n1. The predicted molar refractivity (Wildman–Crippen MR) is 138 cm³/mol. The Bertz CT molecular complexity index is 1360. The molecule has 1 aromatic heterocycles. The van der Waals surface area contributed by atoms with E-state index in [0.717, 1.165) is 23.8 Å². The molecule has 2 heterocycles. The number of alkyl halides is 3. The van der Waals surface area contributed by atoms with Crippen LogP contribution in [0.2, 0.25) is 5.02 Å². The third-order valence-electron chi connectivity index (χ3n) is 6.30. The normalized spacial score (nSPS) is 17.2. The van der Waals surface area contributed by atoms with E-state index in [1.54, 1.807) is 24.3 Å². The standard InChI is InChI=1S/C27H25ClF4N4O3/c1-16-10-18(27(30,31)32)11-24(33-16)36-14-19(34-26(38)39-15-17-6-4-3-5-7-17)12-23(36)25(37)35(2)20-8-9-22(29)21(28)13-20/h3-11,13,19,23H,12,14-15H2,1-2H3,(H,34,38)/t19-,23-/m0/s1. The highest BCUT2D eigenvalue weighted by Crippen LogP contribution is 2.34. The van der Waals surface area contributed by atoms with Gasteiger partial charge in [0, 0.05) is 25.0 Å². The van der Waals surface area contributed by atoms with Crippen molar-refractivity contribution in [3.63, 3.8) is 0 Å². The molecule has 39 heavy (non-hydrogen) atoms. The minimum Gasteiger partial charge on any atom is -0.445 e. The average molecular weight is 565 g/mol. The van der Waals surface area contributed by atoms with Crippen molar-refractivity contribution < 1.29 is 31.9 Å². The molecule has 0 spiro atoms. The van der Waals surface area contributed by atoms with Crippen LogP contribution < -0.4 is 15.1 Å². The Hall–Kier alpha value is -3.86. The molecular formula is C27H25ClF4N4O3. The second-order valence-corrected chi connectivity index (χ2v) is 9.56. The second-order valence-electron chi connectivity index (χ2n) is 9.16. The average Bonchev–Trinajstić information content (AvgIpc) is 3.31. The number of ether oxygens (including phenoxy) is 1. The lowest BCUT2D eigenvalue weighted by Crippen LogP contribution is -2.44. The smallest absolute Gasteiger partial charge is 0.416 e. The molecule has 12 heteroatoms. The second kappa shape index (κ2) is 11.5. The minimum atomic E-state index is -4.62. The van der Waals surface area contributed by atoms with Crippen molar-refractivity contribution in [3.05, 3.63) is 88.3 Å². The van der Waals surface area contributed by atoms with E-state index in [1.165, 1.54) is 35.9 Å². The molecule has 0 aliphatic carbocycles. The predicted octanol–water partition coefficient (Wildman–Crippen LogP) is 5.74. The Kier molecular flexibility index (Phi) is 8.29. The Morgan fingerprint density at radius 1 is 1.15 bits per heavy atom. The summed E-state index contributed by atoms with van der Waals surface area (Å²) in [5.74, 6) is -1.23. The number of benzene rings is 2. The van der Waals surface area contributed by atoms with E-state index < -0.39 is 41.6 Å². The summed E-state index contributed by atoms with van der Waals surface area (Å²) in [6.07, 6.45) is -5.29. The van der Waals surface area contributed by atoms with Crippen LogP contribution in [0.5, 0.6) is 0 Å². The number of rotatable bonds is 6. The third-order valence-corrected chi connectivity index (χ3v) is 6.59. The number of pyridine rings is 1. The van der Waals surface area contributed by atoms with E-state index in [-0.39, 0.29) is 36.1 Å². The third kappa shape index (κ3) is 6.78. The zero-order chi connectivity index (χ0) is 28.3. The van der Waals surface area contributed by atoms with Crippen molar-refractivity contribution >= 4 is 35.1 Å². The van der Waals surface area contributed by atoms with Crippen LogP contribution in [0, 0.1) is 12.7 Å². The summed E-state index contributed by atoms with van der Waals surface area (Å²) >= 11 is 5.88. The number of likely N-dealkylation sites (N-methyl/N-ethyl adjacent to an activating group) is 1. The summed E-state index contributed by atoms with van der Waals surface area (Å²) in [4.78, 5) is 33.0. The van der Waals surface area contributed by atoms with E-state index in [1.807, 2.05) is 6.07 Å². The Morgan fingerprint density at radius 3 is 2.54 bits per heavy atom. The number of nitrogens with one attached hydrogen (secondary N) is 1. The summed E-state index contributed by atoms with van der Waals surface area (Å²) in [7, 11) is 1.45. The topological polar surface area (TPSA) is 74.8 Å². The molecule has 1 aliphatic rings. The van der Waals surface area contributed by atoms with Gasteiger partial charge in [-0.2, -0.15) is 13.2 Å². The number of aromatic nitrogens is 1. The lowest BCUT2D eigenvalue weighted by atomic mass is 10.1. The summed E-state index contributed by atoms with van der Waals surface area (Å²) < 4.78 is 59.6. The van der Waals surface area contributed by atoms with Gasteiger partial charge in [0.1, 0.15) is 24.3 Å². The van der Waals surface area contributed by atoms with Gasteiger partial charge in [0.15, 0.2) is 0 Å². The Morgan fingerprint density at radius 2 is 1.87 bits per heavy atom. The summed E-state index contributed by atoms with van der Waals surface area (Å²) in [5, 5.41) is 2.51. The molecular weight excluding hydrogens is 540 g/mol. The lowest BCUT2D eigenvalue weighted by molar-refractivity contribution is -0.137. The number of nitrogens with zero attached hydrogens (tertiary/aromatic N) is 3. The molecule has 1 aliphatic heterocycles. The summed E-state index contributed by atoms with van der Waals surface area (Å²) in [6.45, 7) is 1.45. The maximum Gasteiger partial charge on any atom is 0.416 e. The molecule has 1 fully saturated rings. The first-order valence-electron chi connectivity index (χ1n) is 11.9. The van der Waals surface area contributed by atoms with Gasteiger partial charge in [0.2, 0.25) is 5.91 Å². The first-order chi connectivity index (χ1) is 18.4. The quantitative estimate of drug-likeness (QED) is 0.387. The van der Waals surface area contributed by atoms with Gasteiger partial charge < -0.3 is 19.9 Å². The van der Waals surface area contributed by atoms with Crippen LogP contribution in [0.4, 0.5) is 33.9 Å². The van der Waals surface area contributed by atoms with Gasteiger partial charge in [0.05, 0.1) is 16.6 Å². The van der Waals surface area contributed by atoms with Gasteiger partial charge in [-0.15, -0.1) is 0 Å². The van der Waals surface area contributed by atoms with Gasteiger partial charge in [-0.25, -0.2) is 14.2 Å². The molecule has 2 amide bonds. The number of amides is 2. The van der Waals surface area contributed by atoms with Crippen molar-refractivity contribution in [3.8, 4) is 0 Å². The maximum atomic E-state index is 13.7. The van der Waals surface area contributed by atoms with Crippen LogP contribution in [-0.4, -0.2) is 42.7 Å². The molecule has 0 bridgehead atoms. The van der Waals surface area contributed by atoms with Crippen molar-refractivity contribution in [2.45, 2.75) is 38.2 Å². The maximum absolute atomic E-state index is 13.7. The van der Waals surface area contributed by atoms with E-state index in [4.69, 9.17) is 16.3 Å². The molecule has 0 saturated carbocycles. The van der Waals surface area contributed by atoms with Crippen molar-refractivity contribution in [1.29, 1.82) is 0 Å². The van der Waals surface area contributed by atoms with Crippen molar-refractivity contribution in [1.82, 2.24) is 10.3 Å². The van der Waals surface area contributed by atoms with Crippen LogP contribution in [0.15, 0.2) is 60.7 Å². The Balaban J connectivity index is 1.58. The first kappa shape index (κ1) is 28.2. The largest absolute Gasteiger partial charge is 0.445 e. The van der Waals surface area contributed by atoms with Crippen LogP contribution >= 0.6 is 11.6 Å². The number of halogens is 5. The highest BCUT2D eigenvalue weighted by molar-refractivity contribution is 6.31. The van der Waals surface area contributed by atoms with Gasteiger partial charge >= 0.3 is 12.3 Å². The lowest BCUT2D eigenvalue weighted by Gasteiger charge is -2.29.